The zero-order valence-corrected chi connectivity index (χ0v) is 41.1. The average molecular weight is 970 g/mol. The normalized spacial score (nSPS) is 48.5. The van der Waals surface area contributed by atoms with Crippen LogP contribution in [0.3, 0.4) is 0 Å². The van der Waals surface area contributed by atoms with Gasteiger partial charge in [-0.15, -0.1) is 11.8 Å². The molecule has 4 fully saturated rings. The largest absolute Gasteiger partial charge is 0.478 e. The van der Waals surface area contributed by atoms with Gasteiger partial charge in [0.15, 0.2) is 11.7 Å². The third kappa shape index (κ3) is 4.33. The molecule has 15 atom stereocenters. The van der Waals surface area contributed by atoms with Gasteiger partial charge in [-0.25, -0.2) is 9.79 Å². The summed E-state index contributed by atoms with van der Waals surface area (Å²) in [6.07, 6.45) is 16.8. The van der Waals surface area contributed by atoms with Gasteiger partial charge in [-0.2, -0.15) is 0 Å². The molecule has 4 saturated carbocycles. The molecule has 0 aromatic heterocycles. The maximum absolute atomic E-state index is 16.7. The van der Waals surface area contributed by atoms with E-state index in [1.807, 2.05) is 49.4 Å². The van der Waals surface area contributed by atoms with E-state index in [1.165, 1.54) is 12.5 Å². The van der Waals surface area contributed by atoms with E-state index in [0.29, 0.717) is 47.1 Å². The molecule has 1 aromatic rings. The molecular formula is C60H63N3O9. The summed E-state index contributed by atoms with van der Waals surface area (Å²) in [6.45, 7) is 5.08. The highest BCUT2D eigenvalue weighted by molar-refractivity contribution is 6.03. The predicted octanol–water partition coefficient (Wildman–Crippen LogP) is 5.55. The lowest BCUT2D eigenvalue weighted by atomic mass is 9.31. The van der Waals surface area contributed by atoms with Crippen molar-refractivity contribution in [2.45, 2.75) is 132 Å². The third-order valence-corrected chi connectivity index (χ3v) is 22.7. The fourth-order valence-electron chi connectivity index (χ4n) is 20.8. The van der Waals surface area contributed by atoms with E-state index in [2.05, 4.69) is 37.0 Å². The Hall–Kier alpha value is -5.42. The number of aliphatic carboxylic acids is 1. The number of nitrogens with two attached hydrogens (primary N) is 2. The minimum absolute atomic E-state index is 0.00411. The summed E-state index contributed by atoms with van der Waals surface area (Å²) < 4.78 is 0. The van der Waals surface area contributed by atoms with Gasteiger partial charge in [0.2, 0.25) is 0 Å². The van der Waals surface area contributed by atoms with Crippen LogP contribution in [-0.4, -0.2) is 88.7 Å². The fraction of sp³-hybridized carbons (Fsp3) is 0.533. The van der Waals surface area contributed by atoms with E-state index >= 15 is 20.1 Å². The molecule has 0 unspecified atom stereocenters. The Morgan fingerprint density at radius 2 is 1.74 bits per heavy atom. The van der Waals surface area contributed by atoms with E-state index in [9.17, 15) is 24.9 Å². The summed E-state index contributed by atoms with van der Waals surface area (Å²) in [5, 5.41) is 83.0. The molecule has 1 aromatic carbocycles. The van der Waals surface area contributed by atoms with Gasteiger partial charge in [-0.1, -0.05) is 85.7 Å². The maximum atomic E-state index is 16.7. The van der Waals surface area contributed by atoms with Gasteiger partial charge in [0.05, 0.1) is 0 Å². The molecule has 13 aliphatic rings. The van der Waals surface area contributed by atoms with Crippen molar-refractivity contribution >= 4 is 29.6 Å². The third-order valence-electron chi connectivity index (χ3n) is 22.7. The van der Waals surface area contributed by atoms with Crippen molar-refractivity contribution < 1.29 is 45.0 Å². The molecule has 12 nitrogen and oxygen atoms in total. The van der Waals surface area contributed by atoms with E-state index < -0.39 is 97.2 Å². The first-order chi connectivity index (χ1) is 34.2. The first-order valence-corrected chi connectivity index (χ1v) is 26.3. The van der Waals surface area contributed by atoms with Gasteiger partial charge in [-0.05, 0) is 116 Å². The Bertz CT molecular complexity index is 3240. The molecule has 10 N–H and O–H groups in total. The highest BCUT2D eigenvalue weighted by Crippen LogP contribution is 2.92. The van der Waals surface area contributed by atoms with Crippen LogP contribution in [0.1, 0.15) is 109 Å². The van der Waals surface area contributed by atoms with Gasteiger partial charge in [0, 0.05) is 94.2 Å². The summed E-state index contributed by atoms with van der Waals surface area (Å²) in [6, 6.07) is 8.29. The summed E-state index contributed by atoms with van der Waals surface area (Å²) >= 11 is 0. The lowest BCUT2D eigenvalue weighted by Gasteiger charge is -2.72. The molecule has 12 heteroatoms. The number of rotatable bonds is 4. The number of fused-ring (bicyclic) bond motifs is 2. The topological polar surface area (TPSA) is 237 Å². The molecule has 0 amide bonds. The van der Waals surface area contributed by atoms with Crippen molar-refractivity contribution in [1.29, 1.82) is 0 Å². The maximum Gasteiger partial charge on any atom is 0.331 e. The van der Waals surface area contributed by atoms with Gasteiger partial charge in [0.25, 0.3) is 0 Å². The van der Waals surface area contributed by atoms with Crippen LogP contribution in [0.15, 0.2) is 116 Å². The fourth-order valence-corrected chi connectivity index (χ4v) is 20.8. The number of aliphatic hydroxyl groups excluding tert-OH is 1. The number of carboxylic acids is 1. The quantitative estimate of drug-likeness (QED) is 0.0612. The van der Waals surface area contributed by atoms with Crippen LogP contribution in [0.25, 0.3) is 6.08 Å². The van der Waals surface area contributed by atoms with Gasteiger partial charge in [0.1, 0.15) is 33.7 Å². The molecule has 0 saturated heterocycles. The predicted molar refractivity (Wildman–Crippen MR) is 267 cm³/mol. The molecule has 72 heavy (non-hydrogen) atoms. The van der Waals surface area contributed by atoms with Crippen LogP contribution in [0, 0.1) is 68.5 Å². The van der Waals surface area contributed by atoms with Gasteiger partial charge < -0.3 is 42.1 Å². The number of aliphatic hydroxyl groups is 5. The molecule has 372 valence electrons. The number of benzene rings is 1. The first kappa shape index (κ1) is 45.2. The molecular weight excluding hydrogens is 907 g/mol. The smallest absolute Gasteiger partial charge is 0.331 e. The Kier molecular flexibility index (Phi) is 8.45. The summed E-state index contributed by atoms with van der Waals surface area (Å²) in [5.41, 5.74) is 2.30. The van der Waals surface area contributed by atoms with Crippen LogP contribution < -0.4 is 11.5 Å². The number of aliphatic imine (C=N–C) groups is 1. The number of aryl methyl sites for hydroxylation is 1. The van der Waals surface area contributed by atoms with Crippen molar-refractivity contribution in [3.63, 3.8) is 0 Å². The molecule has 0 aliphatic heterocycles. The number of guanidine groups is 1. The zero-order chi connectivity index (χ0) is 50.3. The molecule has 3 spiro atoms. The first-order valence-electron chi connectivity index (χ1n) is 26.3. The average Bonchev–Trinajstić information content (AvgIpc) is 3.74. The Labute approximate surface area is 418 Å². The van der Waals surface area contributed by atoms with E-state index in [1.54, 1.807) is 6.08 Å². The second kappa shape index (κ2) is 13.5. The Balaban J connectivity index is 1.20. The number of carbonyl (C=O) groups is 3. The highest BCUT2D eigenvalue weighted by atomic mass is 16.4. The number of hydrogen-bond donors (Lipinski definition) is 8. The molecule has 0 heterocycles. The van der Waals surface area contributed by atoms with E-state index in [-0.39, 0.29) is 86.5 Å². The Morgan fingerprint density at radius 1 is 0.944 bits per heavy atom. The lowest BCUT2D eigenvalue weighted by molar-refractivity contribution is -0.240. The van der Waals surface area contributed by atoms with Crippen molar-refractivity contribution in [3.05, 3.63) is 122 Å². The minimum Gasteiger partial charge on any atom is -0.478 e. The monoisotopic (exact) mass is 969 g/mol. The Morgan fingerprint density at radius 3 is 2.50 bits per heavy atom. The molecule has 0 radical (unpaired) electrons. The number of Topliss-reactive ketones (excluding diaryl/α,β-unsaturated/α-hetero) is 2. The van der Waals surface area contributed by atoms with Crippen LogP contribution in [-0.2, 0) is 20.8 Å². The SMILES string of the molecule is C/C(C(=O)O)=C1/CC[C@]2(N=C(N)N)C=C[C@@]34[C@@H]5[C@@H](CO)C=CC[C@@]36CC(=O)C3=C7[C@@]68CCC#CC[C@]6(C)C(=O)CC[C@@]3(C)[C@@H]6[C@@H](C3=Cc6ccccc6CC3)[C@]7(O)C=C3CC6=C(C(=CC6)[C@]1(O)[C@]52O)[C@@H]4[C@@]38O. The van der Waals surface area contributed by atoms with E-state index in [4.69, 9.17) is 16.5 Å². The van der Waals surface area contributed by atoms with Crippen molar-refractivity contribution in [1.82, 2.24) is 0 Å². The molecule has 13 aliphatic carbocycles. The lowest BCUT2D eigenvalue weighted by Crippen LogP contribution is -2.79. The van der Waals surface area contributed by atoms with E-state index in [0.717, 1.165) is 23.1 Å². The number of allylic oxidation sites excluding steroid dienone is 5. The summed E-state index contributed by atoms with van der Waals surface area (Å²) in [7, 11) is 0. The molecule has 8 bridgehead atoms. The van der Waals surface area contributed by atoms with Crippen LogP contribution in [0.4, 0.5) is 0 Å². The van der Waals surface area contributed by atoms with Crippen LogP contribution in [0.5, 0.6) is 0 Å². The minimum atomic E-state index is -2.52. The number of ketones is 2. The van der Waals surface area contributed by atoms with Crippen molar-refractivity contribution in [2.24, 2.45) is 73.1 Å². The number of carboxylic acid groups (broad SMARTS) is 1. The highest BCUT2D eigenvalue weighted by Gasteiger charge is 2.94. The zero-order valence-electron chi connectivity index (χ0n) is 41.1. The summed E-state index contributed by atoms with van der Waals surface area (Å²) in [4.78, 5) is 49.9. The van der Waals surface area contributed by atoms with Gasteiger partial charge in [-0.3, -0.25) is 9.59 Å². The standard InChI is InChI=1S/C60H63N3O9/c1-31(49(67)68)38-17-23-54(63-50(61)62)24-25-55-45-36(30-64)12-9-20-53(55)29-40(65)44-48-56(69)28-37-27-34-15-16-39(59(38,71)60(45,54)72)42(34)46(55)58(37,70)57(48,53)21-8-4-7-19-51(2)41(66)18-22-52(44,3)47(51)43(56)35-14-13-32-10-5-6-11-33(32)26-35/h5-6,9-12,16,24-26,28,36,43,45-47,64,69-72H,8,13-15,17-23,27,29-30H2,1-3H3,(H,67,68)(H4,61,62,63)/b38-31+/t36-,43-,45+,46+,47-,51-,52-,53-,54+,55+,56-,57+,58+,59+,60+/m1/s1. The van der Waals surface area contributed by atoms with Gasteiger partial charge >= 0.3 is 5.97 Å². The van der Waals surface area contributed by atoms with Crippen LogP contribution >= 0.6 is 0 Å². The molecule has 14 rings (SSSR count). The second-order valence-electron chi connectivity index (χ2n) is 24.8. The second-order valence-corrected chi connectivity index (χ2v) is 24.8. The summed E-state index contributed by atoms with van der Waals surface area (Å²) in [5.74, 6) is 0.798. The van der Waals surface area contributed by atoms with Crippen molar-refractivity contribution in [3.8, 4) is 11.8 Å². The number of carbonyl (C=O) groups excluding carboxylic acids is 2. The number of hydrogen-bond acceptors (Lipinski definition) is 9. The number of nitrogens with zero attached hydrogens (tertiary/aromatic N) is 1. The van der Waals surface area contributed by atoms with Crippen molar-refractivity contribution in [2.75, 3.05) is 6.61 Å². The van der Waals surface area contributed by atoms with Crippen LogP contribution in [0.2, 0.25) is 0 Å².